The monoisotopic (exact) mass is 379 g/mol. The first-order chi connectivity index (χ1) is 13.3. The maximum atomic E-state index is 12.4. The summed E-state index contributed by atoms with van der Waals surface area (Å²) in [5.41, 5.74) is 3.22. The van der Waals surface area contributed by atoms with Gasteiger partial charge in [-0.2, -0.15) is 0 Å². The number of rotatable bonds is 4. The minimum atomic E-state index is -1.11. The number of fused-ring (bicyclic) bond motifs is 1. The largest absolute Gasteiger partial charge is 0.478 e. The molecule has 1 aliphatic rings. The summed E-state index contributed by atoms with van der Waals surface area (Å²) in [7, 11) is 0. The van der Waals surface area contributed by atoms with Crippen LogP contribution in [0.3, 0.4) is 0 Å². The minimum absolute atomic E-state index is 0.0347. The van der Waals surface area contributed by atoms with Gasteiger partial charge in [0.15, 0.2) is 5.82 Å². The number of amides is 1. The summed E-state index contributed by atoms with van der Waals surface area (Å²) in [6.45, 7) is 6.02. The Morgan fingerprint density at radius 3 is 2.61 bits per heavy atom. The van der Waals surface area contributed by atoms with Crippen LogP contribution in [0.25, 0.3) is 5.82 Å². The average Bonchev–Trinajstić information content (AvgIpc) is 3.24. The fourth-order valence-corrected chi connectivity index (χ4v) is 3.68. The number of carbonyl (C=O) groups excluding carboxylic acids is 1. The van der Waals surface area contributed by atoms with Gasteiger partial charge in [-0.05, 0) is 24.0 Å². The van der Waals surface area contributed by atoms with Crippen LogP contribution in [0.1, 0.15) is 65.0 Å². The van der Waals surface area contributed by atoms with Gasteiger partial charge >= 0.3 is 5.97 Å². The van der Waals surface area contributed by atoms with Gasteiger partial charge in [-0.15, -0.1) is 0 Å². The molecule has 4 rings (SSSR count). The molecule has 0 unspecified atom stereocenters. The molecule has 3 heterocycles. The number of carboxylic acids is 1. The van der Waals surface area contributed by atoms with Gasteiger partial charge in [0, 0.05) is 24.6 Å². The van der Waals surface area contributed by atoms with Gasteiger partial charge in [-0.25, -0.2) is 4.79 Å². The fourth-order valence-electron chi connectivity index (χ4n) is 3.68. The van der Waals surface area contributed by atoms with Crippen LogP contribution in [-0.4, -0.2) is 26.7 Å². The zero-order valence-electron chi connectivity index (χ0n) is 15.9. The van der Waals surface area contributed by atoms with E-state index >= 15 is 0 Å². The molecule has 2 aromatic heterocycles. The van der Waals surface area contributed by atoms with Crippen LogP contribution in [0.2, 0.25) is 0 Å². The van der Waals surface area contributed by atoms with E-state index in [1.165, 1.54) is 11.8 Å². The zero-order valence-corrected chi connectivity index (χ0v) is 15.9. The van der Waals surface area contributed by atoms with E-state index in [1.54, 1.807) is 17.6 Å². The van der Waals surface area contributed by atoms with Crippen molar-refractivity contribution in [2.24, 2.45) is 0 Å². The first-order valence-electron chi connectivity index (χ1n) is 9.17. The van der Waals surface area contributed by atoms with Crippen LogP contribution in [0.5, 0.6) is 0 Å². The lowest BCUT2D eigenvalue weighted by Crippen LogP contribution is -2.25. The van der Waals surface area contributed by atoms with Crippen LogP contribution >= 0.6 is 0 Å². The Hall–Kier alpha value is -3.35. The van der Waals surface area contributed by atoms with Crippen LogP contribution in [0, 0.1) is 6.92 Å². The Bertz CT molecular complexity index is 1060. The van der Waals surface area contributed by atoms with Gasteiger partial charge in [-0.1, -0.05) is 43.3 Å². The van der Waals surface area contributed by atoms with Crippen molar-refractivity contribution in [1.29, 1.82) is 0 Å². The van der Waals surface area contributed by atoms with Crippen molar-refractivity contribution in [1.82, 2.24) is 9.72 Å². The smallest absolute Gasteiger partial charge is 0.339 e. The predicted octanol–water partition coefficient (Wildman–Crippen LogP) is 4.07. The normalized spacial score (nSPS) is 16.1. The number of carbonyl (C=O) groups is 2. The van der Waals surface area contributed by atoms with Gasteiger partial charge < -0.3 is 14.9 Å². The average molecular weight is 379 g/mol. The van der Waals surface area contributed by atoms with Crippen molar-refractivity contribution < 1.29 is 19.2 Å². The van der Waals surface area contributed by atoms with Crippen molar-refractivity contribution >= 4 is 17.6 Å². The molecule has 0 saturated carbocycles. The lowest BCUT2D eigenvalue weighted by atomic mass is 9.87. The van der Waals surface area contributed by atoms with Crippen molar-refractivity contribution in [3.8, 4) is 5.82 Å². The number of aromatic nitrogens is 2. The summed E-state index contributed by atoms with van der Waals surface area (Å²) in [6, 6.07) is 9.86. The molecule has 28 heavy (non-hydrogen) atoms. The molecule has 0 saturated heterocycles. The Labute approximate surface area is 162 Å². The van der Waals surface area contributed by atoms with Crippen molar-refractivity contribution in [3.05, 3.63) is 64.7 Å². The molecule has 144 valence electrons. The highest BCUT2D eigenvalue weighted by atomic mass is 16.5. The van der Waals surface area contributed by atoms with Gasteiger partial charge in [0.25, 0.3) is 0 Å². The van der Waals surface area contributed by atoms with E-state index in [-0.39, 0.29) is 23.8 Å². The van der Waals surface area contributed by atoms with Gasteiger partial charge in [-0.3, -0.25) is 9.36 Å². The molecule has 0 bridgehead atoms. The Kier molecular flexibility index (Phi) is 4.30. The first kappa shape index (κ1) is 18.0. The lowest BCUT2D eigenvalue weighted by Gasteiger charge is -2.26. The molecule has 0 aliphatic carbocycles. The summed E-state index contributed by atoms with van der Waals surface area (Å²) in [5, 5.41) is 16.4. The number of aryl methyl sites for hydroxylation is 1. The molecule has 0 radical (unpaired) electrons. The molecule has 1 amide bonds. The number of nitrogens with zero attached hydrogens (tertiary/aromatic N) is 2. The quantitative estimate of drug-likeness (QED) is 0.712. The Morgan fingerprint density at radius 2 is 2.04 bits per heavy atom. The highest BCUT2D eigenvalue weighted by molar-refractivity contribution is 6.04. The third-order valence-electron chi connectivity index (χ3n) is 5.13. The van der Waals surface area contributed by atoms with E-state index in [9.17, 15) is 14.7 Å². The first-order valence-corrected chi connectivity index (χ1v) is 9.17. The summed E-state index contributed by atoms with van der Waals surface area (Å²) in [6.07, 6.45) is 1.72. The molecule has 7 nitrogen and oxygen atoms in total. The van der Waals surface area contributed by atoms with Crippen molar-refractivity contribution in [2.75, 3.05) is 5.32 Å². The molecule has 0 fully saturated rings. The summed E-state index contributed by atoms with van der Waals surface area (Å²) in [4.78, 5) is 24.1. The van der Waals surface area contributed by atoms with Crippen LogP contribution < -0.4 is 5.32 Å². The lowest BCUT2D eigenvalue weighted by molar-refractivity contribution is -0.116. The Balaban J connectivity index is 1.90. The number of hydrogen-bond acceptors (Lipinski definition) is 4. The molecule has 0 spiro atoms. The van der Waals surface area contributed by atoms with E-state index < -0.39 is 5.97 Å². The molecule has 1 aliphatic heterocycles. The topological polar surface area (TPSA) is 97.4 Å². The van der Waals surface area contributed by atoms with Gasteiger partial charge in [0.2, 0.25) is 5.91 Å². The van der Waals surface area contributed by atoms with Crippen LogP contribution in [0.15, 0.2) is 41.1 Å². The number of hydrogen-bond donors (Lipinski definition) is 2. The second kappa shape index (κ2) is 6.67. The van der Waals surface area contributed by atoms with E-state index in [0.717, 1.165) is 5.56 Å². The summed E-state index contributed by atoms with van der Waals surface area (Å²) < 4.78 is 6.88. The summed E-state index contributed by atoms with van der Waals surface area (Å²) in [5.74, 6) is -0.0866. The molecule has 3 aromatic rings. The maximum Gasteiger partial charge on any atom is 0.339 e. The molecule has 7 heteroatoms. The number of anilines is 1. The third-order valence-corrected chi connectivity index (χ3v) is 5.13. The number of benzene rings is 1. The standard InChI is InChI=1S/C21H21N3O4/c1-11(2)13-4-6-14(7-5-13)15-9-18(25)22-19-16(21(26)27)10-24(20(15)19)17-8-12(3)28-23-17/h4-8,10-11,15H,9H2,1-3H3,(H,22,25)(H,26,27)/t15-/m1/s1. The second-order valence-corrected chi connectivity index (χ2v) is 7.40. The van der Waals surface area contributed by atoms with Crippen molar-refractivity contribution in [3.63, 3.8) is 0 Å². The van der Waals surface area contributed by atoms with Crippen LogP contribution in [0.4, 0.5) is 5.69 Å². The van der Waals surface area contributed by atoms with Crippen molar-refractivity contribution in [2.45, 2.75) is 39.0 Å². The van der Waals surface area contributed by atoms with Gasteiger partial charge in [0.05, 0.1) is 11.4 Å². The SMILES string of the molecule is Cc1cc(-n2cc(C(=O)O)c3c2[C@@H](c2ccc(C(C)C)cc2)CC(=O)N3)no1. The van der Waals surface area contributed by atoms with E-state index in [1.807, 2.05) is 12.1 Å². The molecule has 1 atom stereocenters. The third kappa shape index (κ3) is 2.98. The second-order valence-electron chi connectivity index (χ2n) is 7.40. The van der Waals surface area contributed by atoms with E-state index in [2.05, 4.69) is 36.5 Å². The minimum Gasteiger partial charge on any atom is -0.478 e. The predicted molar refractivity (Wildman–Crippen MR) is 103 cm³/mol. The number of aromatic carboxylic acids is 1. The Morgan fingerprint density at radius 1 is 1.32 bits per heavy atom. The molecule has 1 aromatic carbocycles. The molecular formula is C21H21N3O4. The van der Waals surface area contributed by atoms with E-state index in [4.69, 9.17) is 4.52 Å². The highest BCUT2D eigenvalue weighted by Crippen LogP contribution is 2.41. The maximum absolute atomic E-state index is 12.4. The number of carboxylic acid groups (broad SMARTS) is 1. The molecule has 2 N–H and O–H groups in total. The number of nitrogens with one attached hydrogen (secondary N) is 1. The van der Waals surface area contributed by atoms with Crippen LogP contribution in [-0.2, 0) is 4.79 Å². The zero-order chi connectivity index (χ0) is 20.0. The summed E-state index contributed by atoms with van der Waals surface area (Å²) >= 11 is 0. The van der Waals surface area contributed by atoms with E-state index in [0.29, 0.717) is 28.9 Å². The van der Waals surface area contributed by atoms with Gasteiger partial charge in [0.1, 0.15) is 11.3 Å². The highest BCUT2D eigenvalue weighted by Gasteiger charge is 2.35. The fraction of sp³-hybridized carbons (Fsp3) is 0.286. The molecular weight excluding hydrogens is 358 g/mol.